The highest BCUT2D eigenvalue weighted by molar-refractivity contribution is 9.07. The fourth-order valence-corrected chi connectivity index (χ4v) is 2.62. The van der Waals surface area contributed by atoms with Crippen molar-refractivity contribution in [2.45, 2.75) is 18.9 Å². The van der Waals surface area contributed by atoms with Crippen LogP contribution in [0.25, 0.3) is 0 Å². The maximum Gasteiger partial charge on any atom is 0.242 e. The summed E-state index contributed by atoms with van der Waals surface area (Å²) in [7, 11) is 0. The quantitative estimate of drug-likeness (QED) is 0.550. The van der Waals surface area contributed by atoms with Gasteiger partial charge in [-0.1, -0.05) is 0 Å². The summed E-state index contributed by atoms with van der Waals surface area (Å²) in [5, 5.41) is 4.05. The highest BCUT2D eigenvalue weighted by Gasteiger charge is 2.44. The molecule has 64 valence electrons. The SMILES string of the molecule is CC1C(c2ccsc2)C(=O)N1Br. The Morgan fingerprint density at radius 1 is 1.67 bits per heavy atom. The van der Waals surface area contributed by atoms with E-state index in [1.54, 1.807) is 15.3 Å². The van der Waals surface area contributed by atoms with E-state index in [-0.39, 0.29) is 17.9 Å². The number of hydrogen-bond donors (Lipinski definition) is 0. The van der Waals surface area contributed by atoms with Gasteiger partial charge < -0.3 is 0 Å². The molecule has 0 aliphatic carbocycles. The lowest BCUT2D eigenvalue weighted by atomic mass is 9.87. The molecule has 4 heteroatoms. The number of carbonyl (C=O) groups excluding carboxylic acids is 1. The molecule has 0 radical (unpaired) electrons. The largest absolute Gasteiger partial charge is 0.274 e. The molecule has 0 N–H and O–H groups in total. The molecule has 2 atom stereocenters. The van der Waals surface area contributed by atoms with Crippen molar-refractivity contribution in [2.24, 2.45) is 0 Å². The van der Waals surface area contributed by atoms with Crippen molar-refractivity contribution in [1.29, 1.82) is 0 Å². The summed E-state index contributed by atoms with van der Waals surface area (Å²) in [5.41, 5.74) is 1.15. The van der Waals surface area contributed by atoms with Gasteiger partial charge in [-0.2, -0.15) is 11.3 Å². The van der Waals surface area contributed by atoms with Gasteiger partial charge in [0.05, 0.1) is 28.1 Å². The van der Waals surface area contributed by atoms with Gasteiger partial charge in [0.25, 0.3) is 0 Å². The van der Waals surface area contributed by atoms with Crippen LogP contribution >= 0.6 is 27.5 Å². The molecule has 0 saturated carbocycles. The van der Waals surface area contributed by atoms with Gasteiger partial charge in [0, 0.05) is 0 Å². The predicted molar refractivity (Wildman–Crippen MR) is 52.3 cm³/mol. The first-order valence-electron chi connectivity index (χ1n) is 3.73. The monoisotopic (exact) mass is 245 g/mol. The molecule has 1 aliphatic heterocycles. The van der Waals surface area contributed by atoms with Crippen LogP contribution in [0.5, 0.6) is 0 Å². The van der Waals surface area contributed by atoms with Crippen molar-refractivity contribution in [3.63, 3.8) is 0 Å². The van der Waals surface area contributed by atoms with Gasteiger partial charge in [-0.15, -0.1) is 0 Å². The minimum absolute atomic E-state index is 0.0793. The van der Waals surface area contributed by atoms with Crippen molar-refractivity contribution in [2.75, 3.05) is 0 Å². The number of β-lactam (4-membered cyclic amide) rings is 1. The lowest BCUT2D eigenvalue weighted by molar-refractivity contribution is -0.138. The zero-order chi connectivity index (χ0) is 8.72. The first-order valence-corrected chi connectivity index (χ1v) is 5.38. The predicted octanol–water partition coefficient (Wildman–Crippen LogP) is 2.37. The smallest absolute Gasteiger partial charge is 0.242 e. The Morgan fingerprint density at radius 2 is 2.42 bits per heavy atom. The second kappa shape index (κ2) is 2.85. The Bertz CT molecular complexity index is 298. The van der Waals surface area contributed by atoms with Crippen LogP contribution in [0.2, 0.25) is 0 Å². The minimum Gasteiger partial charge on any atom is -0.274 e. The second-order valence-corrected chi connectivity index (χ2v) is 4.47. The first kappa shape index (κ1) is 8.26. The van der Waals surface area contributed by atoms with Crippen LogP contribution in [0.3, 0.4) is 0 Å². The van der Waals surface area contributed by atoms with Gasteiger partial charge in [0.15, 0.2) is 0 Å². The van der Waals surface area contributed by atoms with Crippen molar-refractivity contribution >= 4 is 33.4 Å². The molecule has 1 aromatic heterocycles. The lowest BCUT2D eigenvalue weighted by Crippen LogP contribution is -2.51. The van der Waals surface area contributed by atoms with Crippen LogP contribution in [0, 0.1) is 0 Å². The van der Waals surface area contributed by atoms with E-state index in [4.69, 9.17) is 0 Å². The molecule has 0 bridgehead atoms. The Labute approximate surface area is 83.5 Å². The van der Waals surface area contributed by atoms with Crippen LogP contribution < -0.4 is 0 Å². The van der Waals surface area contributed by atoms with Crippen molar-refractivity contribution < 1.29 is 4.79 Å². The summed E-state index contributed by atoms with van der Waals surface area (Å²) in [6.45, 7) is 2.04. The topological polar surface area (TPSA) is 20.3 Å². The average molecular weight is 246 g/mol. The van der Waals surface area contributed by atoms with E-state index in [1.807, 2.05) is 23.8 Å². The number of thiophene rings is 1. The summed E-state index contributed by atoms with van der Waals surface area (Å²) < 4.78 is 1.61. The van der Waals surface area contributed by atoms with Crippen molar-refractivity contribution in [3.8, 4) is 0 Å². The van der Waals surface area contributed by atoms with Crippen LogP contribution in [0.4, 0.5) is 0 Å². The molecule has 1 fully saturated rings. The maximum atomic E-state index is 11.4. The Kier molecular flexibility index (Phi) is 1.96. The Balaban J connectivity index is 2.23. The average Bonchev–Trinajstić information content (AvgIpc) is 2.57. The van der Waals surface area contributed by atoms with E-state index in [0.29, 0.717) is 0 Å². The molecule has 1 aromatic rings. The molecule has 12 heavy (non-hydrogen) atoms. The molecule has 2 unspecified atom stereocenters. The standard InChI is InChI=1S/C8H8BrNOS/c1-5-7(8(11)10(5)9)6-2-3-12-4-6/h2-5,7H,1H3. The minimum atomic E-state index is 0.0793. The van der Waals surface area contributed by atoms with E-state index < -0.39 is 0 Å². The normalized spacial score (nSPS) is 28.8. The van der Waals surface area contributed by atoms with Crippen LogP contribution in [0.15, 0.2) is 16.8 Å². The number of hydrogen-bond acceptors (Lipinski definition) is 2. The fourth-order valence-electron chi connectivity index (χ4n) is 1.46. The summed E-state index contributed by atoms with van der Waals surface area (Å²) in [4.78, 5) is 11.4. The first-order chi connectivity index (χ1) is 5.72. The van der Waals surface area contributed by atoms with E-state index in [2.05, 4.69) is 16.1 Å². The van der Waals surface area contributed by atoms with Crippen molar-refractivity contribution in [1.82, 2.24) is 3.93 Å². The van der Waals surface area contributed by atoms with Crippen molar-refractivity contribution in [3.05, 3.63) is 22.4 Å². The highest BCUT2D eigenvalue weighted by atomic mass is 79.9. The van der Waals surface area contributed by atoms with Gasteiger partial charge in [0.2, 0.25) is 5.91 Å². The van der Waals surface area contributed by atoms with E-state index in [9.17, 15) is 4.79 Å². The van der Waals surface area contributed by atoms with E-state index in [0.717, 1.165) is 5.56 Å². The van der Waals surface area contributed by atoms with Gasteiger partial charge >= 0.3 is 0 Å². The maximum absolute atomic E-state index is 11.4. The van der Waals surface area contributed by atoms with Crippen LogP contribution in [0.1, 0.15) is 18.4 Å². The molecule has 2 heterocycles. The summed E-state index contributed by atoms with van der Waals surface area (Å²) >= 11 is 4.84. The van der Waals surface area contributed by atoms with Gasteiger partial charge in [-0.25, -0.2) is 0 Å². The molecule has 2 nitrogen and oxygen atoms in total. The number of amides is 1. The van der Waals surface area contributed by atoms with E-state index in [1.165, 1.54) is 0 Å². The third kappa shape index (κ3) is 1.02. The number of nitrogens with zero attached hydrogens (tertiary/aromatic N) is 1. The number of halogens is 1. The van der Waals surface area contributed by atoms with E-state index >= 15 is 0 Å². The van der Waals surface area contributed by atoms with Crippen LogP contribution in [-0.4, -0.2) is 15.9 Å². The third-order valence-corrected chi connectivity index (χ3v) is 3.92. The second-order valence-electron chi connectivity index (χ2n) is 2.92. The highest BCUT2D eigenvalue weighted by Crippen LogP contribution is 2.38. The molecular weight excluding hydrogens is 238 g/mol. The molecule has 0 aromatic carbocycles. The van der Waals surface area contributed by atoms with Gasteiger partial charge in [-0.3, -0.25) is 8.72 Å². The molecule has 1 aliphatic rings. The molecule has 2 rings (SSSR count). The zero-order valence-corrected chi connectivity index (χ0v) is 8.93. The van der Waals surface area contributed by atoms with Gasteiger partial charge in [0.1, 0.15) is 0 Å². The summed E-state index contributed by atoms with van der Waals surface area (Å²) in [5.74, 6) is 0.247. The molecule has 0 spiro atoms. The fraction of sp³-hybridized carbons (Fsp3) is 0.375. The van der Waals surface area contributed by atoms with Crippen LogP contribution in [-0.2, 0) is 4.79 Å². The molecule has 1 amide bonds. The Hall–Kier alpha value is -0.350. The zero-order valence-electron chi connectivity index (χ0n) is 6.53. The lowest BCUT2D eigenvalue weighted by Gasteiger charge is -2.40. The summed E-state index contributed by atoms with van der Waals surface area (Å²) in [6, 6.07) is 2.30. The number of carbonyl (C=O) groups is 1. The molecule has 1 saturated heterocycles. The summed E-state index contributed by atoms with van der Waals surface area (Å²) in [6.07, 6.45) is 0. The van der Waals surface area contributed by atoms with Gasteiger partial charge in [-0.05, 0) is 29.3 Å². The third-order valence-electron chi connectivity index (χ3n) is 2.22. The Morgan fingerprint density at radius 3 is 2.92 bits per heavy atom. The number of rotatable bonds is 1. The molecular formula is C8H8BrNOS.